The van der Waals surface area contributed by atoms with Gasteiger partial charge in [0.25, 0.3) is 5.56 Å². The molecule has 0 saturated carbocycles. The summed E-state index contributed by atoms with van der Waals surface area (Å²) in [6, 6.07) is 13.7. The van der Waals surface area contributed by atoms with Gasteiger partial charge in [-0.15, -0.1) is 0 Å². The lowest BCUT2D eigenvalue weighted by atomic mass is 10.1. The standard InChI is InChI=1S/C32H31F6N7O3/c1-18(2)43-29-30(47)45(26(15-42-29)22-11-24(32(36,37)38)13-25(39)12-22)16-27(46)41-14-19-6-8-21(9-7-19)28(40)44-48-17-20-4-3-5-23(10-20)31(33,34)35/h3-13,15,18H,14,16-17,39H2,1-2H3,(H2,40,44)(H,41,46)(H,42,43). The Bertz CT molecular complexity index is 1850. The van der Waals surface area contributed by atoms with Crippen LogP contribution in [0.25, 0.3) is 11.3 Å². The molecule has 6 N–H and O–H groups in total. The fourth-order valence-electron chi connectivity index (χ4n) is 4.47. The van der Waals surface area contributed by atoms with Crippen LogP contribution in [0.1, 0.15) is 41.7 Å². The Morgan fingerprint density at radius 1 is 0.958 bits per heavy atom. The molecule has 0 aliphatic heterocycles. The van der Waals surface area contributed by atoms with E-state index in [4.69, 9.17) is 16.3 Å². The number of halogens is 6. The van der Waals surface area contributed by atoms with E-state index in [9.17, 15) is 35.9 Å². The van der Waals surface area contributed by atoms with Crippen LogP contribution in [0.2, 0.25) is 0 Å². The second-order valence-corrected chi connectivity index (χ2v) is 10.9. The van der Waals surface area contributed by atoms with Gasteiger partial charge in [-0.2, -0.15) is 26.3 Å². The van der Waals surface area contributed by atoms with Crippen molar-refractivity contribution < 1.29 is 36.0 Å². The molecule has 1 heterocycles. The van der Waals surface area contributed by atoms with Gasteiger partial charge in [-0.25, -0.2) is 4.98 Å². The highest BCUT2D eigenvalue weighted by molar-refractivity contribution is 5.97. The molecule has 0 bridgehead atoms. The van der Waals surface area contributed by atoms with Crippen LogP contribution in [-0.4, -0.2) is 27.3 Å². The number of carbonyl (C=O) groups is 1. The van der Waals surface area contributed by atoms with E-state index in [0.717, 1.165) is 28.8 Å². The summed E-state index contributed by atoms with van der Waals surface area (Å²) >= 11 is 0. The maximum atomic E-state index is 13.5. The Balaban J connectivity index is 1.45. The van der Waals surface area contributed by atoms with Crippen LogP contribution >= 0.6 is 0 Å². The summed E-state index contributed by atoms with van der Waals surface area (Å²) in [5.74, 6) is -0.744. The summed E-state index contributed by atoms with van der Waals surface area (Å²) in [4.78, 5) is 35.5. The molecule has 16 heteroatoms. The van der Waals surface area contributed by atoms with Gasteiger partial charge in [-0.1, -0.05) is 41.6 Å². The Labute approximate surface area is 270 Å². The van der Waals surface area contributed by atoms with Crippen LogP contribution in [0.3, 0.4) is 0 Å². The number of amides is 1. The molecule has 0 radical (unpaired) electrons. The Kier molecular flexibility index (Phi) is 10.7. The lowest BCUT2D eigenvalue weighted by Gasteiger charge is -2.17. The number of rotatable bonds is 11. The Morgan fingerprint density at radius 3 is 2.29 bits per heavy atom. The van der Waals surface area contributed by atoms with Crippen molar-refractivity contribution in [3.05, 3.63) is 111 Å². The lowest BCUT2D eigenvalue weighted by Crippen LogP contribution is -2.35. The number of nitrogens with zero attached hydrogens (tertiary/aromatic N) is 3. The number of amidine groups is 1. The van der Waals surface area contributed by atoms with Gasteiger partial charge >= 0.3 is 12.4 Å². The maximum absolute atomic E-state index is 13.5. The summed E-state index contributed by atoms with van der Waals surface area (Å²) in [5.41, 5.74) is 10.1. The van der Waals surface area contributed by atoms with Crippen LogP contribution in [0, 0.1) is 0 Å². The average molecular weight is 676 g/mol. The molecule has 10 nitrogen and oxygen atoms in total. The molecule has 0 saturated heterocycles. The number of aromatic nitrogens is 2. The van der Waals surface area contributed by atoms with E-state index in [2.05, 4.69) is 20.8 Å². The summed E-state index contributed by atoms with van der Waals surface area (Å²) in [5, 5.41) is 9.28. The molecule has 0 fully saturated rings. The summed E-state index contributed by atoms with van der Waals surface area (Å²) in [7, 11) is 0. The molecule has 48 heavy (non-hydrogen) atoms. The third-order valence-corrected chi connectivity index (χ3v) is 6.75. The van der Waals surface area contributed by atoms with Crippen molar-refractivity contribution >= 4 is 23.2 Å². The maximum Gasteiger partial charge on any atom is 0.416 e. The number of alkyl halides is 6. The van der Waals surface area contributed by atoms with Crippen molar-refractivity contribution in [2.75, 3.05) is 11.1 Å². The third kappa shape index (κ3) is 9.27. The van der Waals surface area contributed by atoms with E-state index in [1.165, 1.54) is 24.4 Å². The smallest absolute Gasteiger partial charge is 0.399 e. The number of anilines is 2. The molecule has 1 amide bonds. The second-order valence-electron chi connectivity index (χ2n) is 10.9. The van der Waals surface area contributed by atoms with Crippen molar-refractivity contribution in [3.63, 3.8) is 0 Å². The molecular formula is C32H31F6N7O3. The van der Waals surface area contributed by atoms with Crippen LogP contribution in [0.4, 0.5) is 37.8 Å². The van der Waals surface area contributed by atoms with E-state index in [1.807, 2.05) is 0 Å². The fourth-order valence-corrected chi connectivity index (χ4v) is 4.47. The lowest BCUT2D eigenvalue weighted by molar-refractivity contribution is -0.138. The normalized spacial score (nSPS) is 12.2. The SMILES string of the molecule is CC(C)Nc1ncc(-c2cc(N)cc(C(F)(F)F)c2)n(CC(=O)NCc2ccc(/C(N)=N/OCc3cccc(C(F)(F)F)c3)cc2)c1=O. The van der Waals surface area contributed by atoms with E-state index in [-0.39, 0.29) is 53.4 Å². The van der Waals surface area contributed by atoms with Crippen molar-refractivity contribution in [2.24, 2.45) is 10.9 Å². The molecule has 0 spiro atoms. The number of hydrogen-bond acceptors (Lipinski definition) is 7. The first-order valence-corrected chi connectivity index (χ1v) is 14.3. The van der Waals surface area contributed by atoms with Crippen molar-refractivity contribution in [1.82, 2.24) is 14.9 Å². The molecule has 0 aliphatic carbocycles. The third-order valence-electron chi connectivity index (χ3n) is 6.75. The van der Waals surface area contributed by atoms with E-state index < -0.39 is 41.5 Å². The highest BCUT2D eigenvalue weighted by Gasteiger charge is 2.32. The first-order valence-electron chi connectivity index (χ1n) is 14.3. The molecule has 0 unspecified atom stereocenters. The first kappa shape index (κ1) is 35.3. The van der Waals surface area contributed by atoms with Gasteiger partial charge in [-0.3, -0.25) is 14.2 Å². The van der Waals surface area contributed by atoms with E-state index in [0.29, 0.717) is 11.1 Å². The molecule has 3 aromatic carbocycles. The van der Waals surface area contributed by atoms with E-state index in [1.54, 1.807) is 38.1 Å². The summed E-state index contributed by atoms with van der Waals surface area (Å²) in [6.45, 7) is 2.76. The zero-order chi connectivity index (χ0) is 35.2. The van der Waals surface area contributed by atoms with E-state index >= 15 is 0 Å². The van der Waals surface area contributed by atoms with Crippen LogP contribution < -0.4 is 27.7 Å². The highest BCUT2D eigenvalue weighted by Crippen LogP contribution is 2.34. The van der Waals surface area contributed by atoms with Gasteiger partial charge in [0, 0.05) is 29.4 Å². The van der Waals surface area contributed by atoms with Crippen molar-refractivity contribution in [3.8, 4) is 11.3 Å². The number of nitrogens with two attached hydrogens (primary N) is 2. The fraction of sp³-hybridized carbons (Fsp3) is 0.250. The summed E-state index contributed by atoms with van der Waals surface area (Å²) in [6.07, 6.45) is -8.00. The summed E-state index contributed by atoms with van der Waals surface area (Å²) < 4.78 is 80.2. The number of nitrogens with one attached hydrogen (secondary N) is 2. The Morgan fingerprint density at radius 2 is 1.65 bits per heavy atom. The van der Waals surface area contributed by atoms with Crippen LogP contribution in [0.15, 0.2) is 82.9 Å². The van der Waals surface area contributed by atoms with Crippen LogP contribution in [-0.2, 0) is 41.7 Å². The number of benzene rings is 3. The molecule has 4 rings (SSSR count). The molecule has 4 aromatic rings. The highest BCUT2D eigenvalue weighted by atomic mass is 19.4. The quantitative estimate of drug-likeness (QED) is 0.0539. The van der Waals surface area contributed by atoms with Gasteiger partial charge < -0.3 is 26.9 Å². The number of oxime groups is 1. The van der Waals surface area contributed by atoms with Gasteiger partial charge in [0.05, 0.1) is 23.0 Å². The molecular weight excluding hydrogens is 644 g/mol. The van der Waals surface area contributed by atoms with Gasteiger partial charge in [0.15, 0.2) is 11.7 Å². The predicted octanol–water partition coefficient (Wildman–Crippen LogP) is 5.50. The number of carbonyl (C=O) groups excluding carboxylic acids is 1. The topological polar surface area (TPSA) is 150 Å². The molecule has 0 aliphatic rings. The molecule has 1 aromatic heterocycles. The Hall–Kier alpha value is -5.54. The number of nitrogen functional groups attached to an aromatic ring is 1. The zero-order valence-corrected chi connectivity index (χ0v) is 25.6. The van der Waals surface area contributed by atoms with Gasteiger partial charge in [0.2, 0.25) is 5.91 Å². The van der Waals surface area contributed by atoms with Crippen molar-refractivity contribution in [1.29, 1.82) is 0 Å². The predicted molar refractivity (Wildman–Crippen MR) is 167 cm³/mol. The zero-order valence-electron chi connectivity index (χ0n) is 25.6. The minimum Gasteiger partial charge on any atom is -0.399 e. The van der Waals surface area contributed by atoms with Gasteiger partial charge in [-0.05, 0) is 55.3 Å². The molecule has 254 valence electrons. The minimum atomic E-state index is -4.70. The number of hydrogen-bond donors (Lipinski definition) is 4. The minimum absolute atomic E-state index is 0.0188. The van der Waals surface area contributed by atoms with Gasteiger partial charge in [0.1, 0.15) is 13.2 Å². The largest absolute Gasteiger partial charge is 0.416 e. The van der Waals surface area contributed by atoms with Crippen molar-refractivity contribution in [2.45, 2.75) is 51.9 Å². The van der Waals surface area contributed by atoms with Crippen LogP contribution in [0.5, 0.6) is 0 Å². The molecule has 0 atom stereocenters. The second kappa shape index (κ2) is 14.5. The monoisotopic (exact) mass is 675 g/mol. The average Bonchev–Trinajstić information content (AvgIpc) is 3.01. The first-order chi connectivity index (χ1) is 22.5.